The lowest BCUT2D eigenvalue weighted by atomic mass is 10.1. The lowest BCUT2D eigenvalue weighted by molar-refractivity contribution is -0.385. The summed E-state index contributed by atoms with van der Waals surface area (Å²) >= 11 is 0. The van der Waals surface area contributed by atoms with E-state index in [-0.39, 0.29) is 11.6 Å². The molecule has 0 aliphatic carbocycles. The van der Waals surface area contributed by atoms with Crippen LogP contribution in [0.1, 0.15) is 12.0 Å². The topological polar surface area (TPSA) is 89.5 Å². The van der Waals surface area contributed by atoms with E-state index >= 15 is 0 Å². The fraction of sp³-hybridized carbons (Fsp3) is 0.364. The second kappa shape index (κ2) is 4.14. The maximum atomic E-state index is 11.7. The van der Waals surface area contributed by atoms with Gasteiger partial charge in [0.05, 0.1) is 11.0 Å². The van der Waals surface area contributed by atoms with E-state index in [2.05, 4.69) is 0 Å². The first-order valence-electron chi connectivity index (χ1n) is 5.32. The summed E-state index contributed by atoms with van der Waals surface area (Å²) in [5.41, 5.74) is 6.90. The molecule has 1 amide bonds. The molecule has 6 nitrogen and oxygen atoms in total. The van der Waals surface area contributed by atoms with Gasteiger partial charge in [0.15, 0.2) is 0 Å². The molecule has 1 aliphatic heterocycles. The predicted molar refractivity (Wildman–Crippen MR) is 62.8 cm³/mol. The van der Waals surface area contributed by atoms with Crippen molar-refractivity contribution >= 4 is 17.3 Å². The molecule has 17 heavy (non-hydrogen) atoms. The van der Waals surface area contributed by atoms with Gasteiger partial charge in [0.1, 0.15) is 0 Å². The molecule has 90 valence electrons. The molecule has 2 N–H and O–H groups in total. The van der Waals surface area contributed by atoms with Gasteiger partial charge in [-0.05, 0) is 25.5 Å². The minimum Gasteiger partial charge on any atom is -0.320 e. The van der Waals surface area contributed by atoms with E-state index in [4.69, 9.17) is 5.73 Å². The van der Waals surface area contributed by atoms with E-state index in [1.54, 1.807) is 24.0 Å². The minimum absolute atomic E-state index is 0.0599. The van der Waals surface area contributed by atoms with Crippen LogP contribution in [0.2, 0.25) is 0 Å². The zero-order valence-electron chi connectivity index (χ0n) is 9.42. The lowest BCUT2D eigenvalue weighted by Crippen LogP contribution is -2.33. The molecule has 0 saturated carbocycles. The molecule has 1 unspecified atom stereocenters. The average molecular weight is 235 g/mol. The van der Waals surface area contributed by atoms with Crippen LogP contribution in [0.3, 0.4) is 0 Å². The first-order chi connectivity index (χ1) is 8.00. The number of anilines is 1. The molecular formula is C11H13N3O3. The van der Waals surface area contributed by atoms with E-state index < -0.39 is 11.0 Å². The van der Waals surface area contributed by atoms with Crippen molar-refractivity contribution in [3.05, 3.63) is 33.9 Å². The van der Waals surface area contributed by atoms with Crippen LogP contribution in [-0.4, -0.2) is 23.4 Å². The first-order valence-corrected chi connectivity index (χ1v) is 5.32. The van der Waals surface area contributed by atoms with Crippen LogP contribution in [0.4, 0.5) is 11.4 Å². The van der Waals surface area contributed by atoms with Crippen LogP contribution in [0.25, 0.3) is 0 Å². The van der Waals surface area contributed by atoms with Crippen molar-refractivity contribution < 1.29 is 9.72 Å². The molecule has 2 rings (SSSR count). The standard InChI is InChI=1S/C11H13N3O3/c1-7-6-8(2-3-10(7)14(16)17)13-5-4-9(12)11(13)15/h2-3,6,9H,4-5,12H2,1H3. The monoisotopic (exact) mass is 235 g/mol. The molecule has 1 heterocycles. The Morgan fingerprint density at radius 3 is 2.71 bits per heavy atom. The van der Waals surface area contributed by atoms with Gasteiger partial charge < -0.3 is 10.6 Å². The van der Waals surface area contributed by atoms with E-state index in [0.717, 1.165) is 0 Å². The first kappa shape index (κ1) is 11.5. The SMILES string of the molecule is Cc1cc(N2CCC(N)C2=O)ccc1[N+](=O)[O-]. The number of carbonyl (C=O) groups excluding carboxylic acids is 1. The van der Waals surface area contributed by atoms with Crippen molar-refractivity contribution in [3.63, 3.8) is 0 Å². The maximum absolute atomic E-state index is 11.7. The highest BCUT2D eigenvalue weighted by Gasteiger charge is 2.30. The van der Waals surface area contributed by atoms with Crippen LogP contribution < -0.4 is 10.6 Å². The van der Waals surface area contributed by atoms with Gasteiger partial charge >= 0.3 is 0 Å². The number of nitro benzene ring substituents is 1. The van der Waals surface area contributed by atoms with Crippen molar-refractivity contribution in [3.8, 4) is 0 Å². The summed E-state index contributed by atoms with van der Waals surface area (Å²) in [6.45, 7) is 2.22. The molecule has 1 fully saturated rings. The van der Waals surface area contributed by atoms with Crippen LogP contribution in [0.5, 0.6) is 0 Å². The number of nitrogens with zero attached hydrogens (tertiary/aromatic N) is 2. The summed E-state index contributed by atoms with van der Waals surface area (Å²) in [6.07, 6.45) is 0.620. The van der Waals surface area contributed by atoms with E-state index in [1.807, 2.05) is 0 Å². The Labute approximate surface area is 98.2 Å². The van der Waals surface area contributed by atoms with Crippen LogP contribution in [0.15, 0.2) is 18.2 Å². The third kappa shape index (κ3) is 1.99. The van der Waals surface area contributed by atoms with Gasteiger partial charge in [-0.3, -0.25) is 14.9 Å². The van der Waals surface area contributed by atoms with Crippen molar-refractivity contribution in [1.82, 2.24) is 0 Å². The zero-order chi connectivity index (χ0) is 12.6. The van der Waals surface area contributed by atoms with Gasteiger partial charge in [-0.25, -0.2) is 0 Å². The molecule has 6 heteroatoms. The number of hydrogen-bond acceptors (Lipinski definition) is 4. The highest BCUT2D eigenvalue weighted by Crippen LogP contribution is 2.26. The van der Waals surface area contributed by atoms with Gasteiger partial charge in [-0.1, -0.05) is 0 Å². The minimum atomic E-state index is -0.453. The predicted octanol–water partition coefficient (Wildman–Crippen LogP) is 0.967. The van der Waals surface area contributed by atoms with Gasteiger partial charge in [-0.15, -0.1) is 0 Å². The van der Waals surface area contributed by atoms with Crippen LogP contribution in [0, 0.1) is 17.0 Å². The fourth-order valence-electron chi connectivity index (χ4n) is 1.97. The molecule has 1 aliphatic rings. The zero-order valence-corrected chi connectivity index (χ0v) is 9.42. The third-order valence-corrected chi connectivity index (χ3v) is 2.94. The van der Waals surface area contributed by atoms with Crippen molar-refractivity contribution in [2.45, 2.75) is 19.4 Å². The Morgan fingerprint density at radius 2 is 2.24 bits per heavy atom. The highest BCUT2D eigenvalue weighted by atomic mass is 16.6. The molecule has 0 radical (unpaired) electrons. The molecule has 1 saturated heterocycles. The summed E-state index contributed by atoms with van der Waals surface area (Å²) < 4.78 is 0. The van der Waals surface area contributed by atoms with Crippen molar-refractivity contribution in [2.24, 2.45) is 5.73 Å². The van der Waals surface area contributed by atoms with Gasteiger partial charge in [-0.2, -0.15) is 0 Å². The third-order valence-electron chi connectivity index (χ3n) is 2.94. The van der Waals surface area contributed by atoms with Gasteiger partial charge in [0.2, 0.25) is 5.91 Å². The second-order valence-electron chi connectivity index (χ2n) is 4.11. The average Bonchev–Trinajstić information content (AvgIpc) is 2.59. The highest BCUT2D eigenvalue weighted by molar-refractivity contribution is 5.99. The molecule has 0 bridgehead atoms. The summed E-state index contributed by atoms with van der Waals surface area (Å²) in [6, 6.07) is 4.20. The number of aryl methyl sites for hydroxylation is 1. The van der Waals surface area contributed by atoms with Crippen LogP contribution >= 0.6 is 0 Å². The number of nitro groups is 1. The largest absolute Gasteiger partial charge is 0.320 e. The fourth-order valence-corrected chi connectivity index (χ4v) is 1.97. The summed E-state index contributed by atoms with van der Waals surface area (Å²) in [7, 11) is 0. The Hall–Kier alpha value is -1.95. The Bertz CT molecular complexity index is 487. The molecule has 0 spiro atoms. The summed E-state index contributed by atoms with van der Waals surface area (Å²) in [5.74, 6) is -0.127. The van der Waals surface area contributed by atoms with E-state index in [9.17, 15) is 14.9 Å². The lowest BCUT2D eigenvalue weighted by Gasteiger charge is -2.16. The van der Waals surface area contributed by atoms with Crippen molar-refractivity contribution in [2.75, 3.05) is 11.4 Å². The number of carbonyl (C=O) groups is 1. The molecule has 1 atom stereocenters. The Morgan fingerprint density at radius 1 is 1.53 bits per heavy atom. The number of hydrogen-bond donors (Lipinski definition) is 1. The molecular weight excluding hydrogens is 222 g/mol. The van der Waals surface area contributed by atoms with Gasteiger partial charge in [0, 0.05) is 23.9 Å². The normalized spacial score (nSPS) is 19.8. The number of nitrogens with two attached hydrogens (primary N) is 1. The quantitative estimate of drug-likeness (QED) is 0.610. The molecule has 1 aromatic carbocycles. The van der Waals surface area contributed by atoms with Crippen molar-refractivity contribution in [1.29, 1.82) is 0 Å². The number of rotatable bonds is 2. The van der Waals surface area contributed by atoms with Gasteiger partial charge in [0.25, 0.3) is 5.69 Å². The molecule has 0 aromatic heterocycles. The number of amides is 1. The molecule has 1 aromatic rings. The Balaban J connectivity index is 2.32. The second-order valence-corrected chi connectivity index (χ2v) is 4.11. The maximum Gasteiger partial charge on any atom is 0.272 e. The van der Waals surface area contributed by atoms with Crippen LogP contribution in [-0.2, 0) is 4.79 Å². The van der Waals surface area contributed by atoms with E-state index in [0.29, 0.717) is 24.2 Å². The smallest absolute Gasteiger partial charge is 0.272 e. The van der Waals surface area contributed by atoms with E-state index in [1.165, 1.54) is 6.07 Å². The summed E-state index contributed by atoms with van der Waals surface area (Å²) in [5, 5.41) is 10.7. The number of benzene rings is 1. The summed E-state index contributed by atoms with van der Waals surface area (Å²) in [4.78, 5) is 23.5. The Kier molecular flexibility index (Phi) is 2.81.